The summed E-state index contributed by atoms with van der Waals surface area (Å²) in [5, 5.41) is 3.88. The van der Waals surface area contributed by atoms with Gasteiger partial charge in [0.2, 0.25) is 0 Å². The number of benzene rings is 1. The van der Waals surface area contributed by atoms with Crippen molar-refractivity contribution in [3.05, 3.63) is 29.8 Å². The van der Waals surface area contributed by atoms with Crippen LogP contribution in [0.15, 0.2) is 24.3 Å². The summed E-state index contributed by atoms with van der Waals surface area (Å²) in [6.45, 7) is 2.81. The van der Waals surface area contributed by atoms with Gasteiger partial charge >= 0.3 is 0 Å². The van der Waals surface area contributed by atoms with Crippen molar-refractivity contribution < 1.29 is 9.53 Å². The fraction of sp³-hybridized carbons (Fsp3) is 0.462. The molecule has 94 valence electrons. The lowest BCUT2D eigenvalue weighted by Crippen LogP contribution is -2.28. The normalized spacial score (nSPS) is 11.9. The van der Waals surface area contributed by atoms with E-state index in [1.54, 1.807) is 19.2 Å². The van der Waals surface area contributed by atoms with E-state index in [-0.39, 0.29) is 5.91 Å². The van der Waals surface area contributed by atoms with E-state index >= 15 is 0 Å². The summed E-state index contributed by atoms with van der Waals surface area (Å²) in [7, 11) is 1.59. The van der Waals surface area contributed by atoms with Crippen LogP contribution in [-0.4, -0.2) is 24.9 Å². The highest BCUT2D eigenvalue weighted by Crippen LogP contribution is 2.12. The van der Waals surface area contributed by atoms with Crippen LogP contribution in [0.3, 0.4) is 0 Å². The van der Waals surface area contributed by atoms with Gasteiger partial charge in [-0.05, 0) is 30.5 Å². The van der Waals surface area contributed by atoms with Gasteiger partial charge in [0.1, 0.15) is 5.75 Å². The van der Waals surface area contributed by atoms with E-state index in [1.165, 1.54) is 0 Å². The van der Waals surface area contributed by atoms with Gasteiger partial charge in [-0.2, -0.15) is 0 Å². The molecule has 0 aliphatic heterocycles. The summed E-state index contributed by atoms with van der Waals surface area (Å²) in [6, 6.07) is 7.16. The Morgan fingerprint density at radius 1 is 1.53 bits per heavy atom. The summed E-state index contributed by atoms with van der Waals surface area (Å²) in [5.74, 6) is 1.13. The van der Waals surface area contributed by atoms with Crippen LogP contribution in [-0.2, 0) is 0 Å². The molecule has 17 heavy (non-hydrogen) atoms. The minimum absolute atomic E-state index is 0.0506. The van der Waals surface area contributed by atoms with Crippen LogP contribution in [0.2, 0.25) is 0 Å². The predicted octanol–water partition coefficient (Wildman–Crippen LogP) is 2.85. The third-order valence-corrected chi connectivity index (χ3v) is 3.00. The highest BCUT2D eigenvalue weighted by molar-refractivity contribution is 9.09. The summed E-state index contributed by atoms with van der Waals surface area (Å²) >= 11 is 3.39. The largest absolute Gasteiger partial charge is 0.497 e. The van der Waals surface area contributed by atoms with E-state index in [2.05, 4.69) is 28.2 Å². The van der Waals surface area contributed by atoms with Crippen LogP contribution in [0.1, 0.15) is 23.7 Å². The lowest BCUT2D eigenvalue weighted by atomic mass is 10.1. The number of ether oxygens (including phenoxy) is 1. The topological polar surface area (TPSA) is 38.3 Å². The molecule has 1 unspecified atom stereocenters. The Kier molecular flexibility index (Phi) is 6.05. The smallest absolute Gasteiger partial charge is 0.251 e. The van der Waals surface area contributed by atoms with Gasteiger partial charge in [-0.3, -0.25) is 4.79 Å². The number of alkyl halides is 1. The lowest BCUT2D eigenvalue weighted by molar-refractivity contribution is 0.0947. The molecule has 0 aliphatic carbocycles. The van der Waals surface area contributed by atoms with Gasteiger partial charge in [-0.1, -0.05) is 28.9 Å². The number of hydrogen-bond donors (Lipinski definition) is 1. The summed E-state index contributed by atoms with van der Waals surface area (Å²) < 4.78 is 5.08. The van der Waals surface area contributed by atoms with Crippen LogP contribution in [0.4, 0.5) is 0 Å². The van der Waals surface area contributed by atoms with Crippen molar-refractivity contribution in [2.24, 2.45) is 5.92 Å². The molecule has 0 heterocycles. The van der Waals surface area contributed by atoms with Crippen molar-refractivity contribution in [3.8, 4) is 5.75 Å². The summed E-state index contributed by atoms with van der Waals surface area (Å²) in [6.07, 6.45) is 1.05. The fourth-order valence-electron chi connectivity index (χ4n) is 1.42. The van der Waals surface area contributed by atoms with Crippen molar-refractivity contribution in [3.63, 3.8) is 0 Å². The van der Waals surface area contributed by atoms with Crippen molar-refractivity contribution >= 4 is 21.8 Å². The Balaban J connectivity index is 2.51. The number of halogens is 1. The predicted molar refractivity (Wildman–Crippen MR) is 72.9 cm³/mol. The molecule has 0 saturated carbocycles. The van der Waals surface area contributed by atoms with Crippen molar-refractivity contribution in [2.75, 3.05) is 19.0 Å². The Labute approximate surface area is 111 Å². The molecular formula is C13H18BrNO2. The molecule has 1 rings (SSSR count). The molecule has 0 fully saturated rings. The van der Waals surface area contributed by atoms with Crippen molar-refractivity contribution in [1.82, 2.24) is 5.32 Å². The van der Waals surface area contributed by atoms with Crippen molar-refractivity contribution in [2.45, 2.75) is 13.3 Å². The maximum atomic E-state index is 11.8. The molecule has 1 amide bonds. The van der Waals surface area contributed by atoms with Gasteiger partial charge in [0.15, 0.2) is 0 Å². The fourth-order valence-corrected chi connectivity index (χ4v) is 2.20. The zero-order valence-corrected chi connectivity index (χ0v) is 11.8. The van der Waals surface area contributed by atoms with Gasteiger partial charge in [0.25, 0.3) is 5.91 Å². The first-order valence-corrected chi connectivity index (χ1v) is 6.77. The summed E-state index contributed by atoms with van der Waals surface area (Å²) in [4.78, 5) is 11.8. The average molecular weight is 300 g/mol. The Bertz CT molecular complexity index is 368. The second-order valence-corrected chi connectivity index (χ2v) is 4.82. The third-order valence-electron chi connectivity index (χ3n) is 2.54. The van der Waals surface area contributed by atoms with Crippen molar-refractivity contribution in [1.29, 1.82) is 0 Å². The molecule has 1 aromatic rings. The number of rotatable bonds is 6. The Morgan fingerprint density at radius 2 is 2.29 bits per heavy atom. The maximum Gasteiger partial charge on any atom is 0.251 e. The number of carbonyl (C=O) groups is 1. The number of carbonyl (C=O) groups excluding carboxylic acids is 1. The molecular weight excluding hydrogens is 282 g/mol. The highest BCUT2D eigenvalue weighted by atomic mass is 79.9. The standard InChI is InChI=1S/C13H18BrNO2/c1-10(6-7-14)9-15-13(16)11-4-3-5-12(8-11)17-2/h3-5,8,10H,6-7,9H2,1-2H3,(H,15,16). The van der Waals surface area contributed by atoms with Gasteiger partial charge in [0.05, 0.1) is 7.11 Å². The molecule has 3 nitrogen and oxygen atoms in total. The molecule has 0 radical (unpaired) electrons. The third kappa shape index (κ3) is 4.77. The van der Waals surface area contributed by atoms with E-state index in [9.17, 15) is 4.79 Å². The van der Waals surface area contributed by atoms with Gasteiger partial charge < -0.3 is 10.1 Å². The van der Waals surface area contributed by atoms with Crippen LogP contribution >= 0.6 is 15.9 Å². The number of amides is 1. The van der Waals surface area contributed by atoms with Crippen LogP contribution in [0, 0.1) is 5.92 Å². The second kappa shape index (κ2) is 7.33. The molecule has 0 saturated heterocycles. The molecule has 0 bridgehead atoms. The van der Waals surface area contributed by atoms with Gasteiger partial charge in [-0.15, -0.1) is 0 Å². The average Bonchev–Trinajstić information content (AvgIpc) is 2.36. The van der Waals surface area contributed by atoms with E-state index in [1.807, 2.05) is 12.1 Å². The molecule has 0 aliphatic rings. The minimum Gasteiger partial charge on any atom is -0.497 e. The number of methoxy groups -OCH3 is 1. The van der Waals surface area contributed by atoms with E-state index in [0.29, 0.717) is 23.8 Å². The summed E-state index contributed by atoms with van der Waals surface area (Å²) in [5.41, 5.74) is 0.635. The minimum atomic E-state index is -0.0506. The molecule has 0 aromatic heterocycles. The van der Waals surface area contributed by atoms with E-state index in [0.717, 1.165) is 11.8 Å². The number of nitrogens with one attached hydrogen (secondary N) is 1. The van der Waals surface area contributed by atoms with Crippen LogP contribution in [0.25, 0.3) is 0 Å². The quantitative estimate of drug-likeness (QED) is 0.820. The molecule has 1 N–H and O–H groups in total. The molecule has 0 spiro atoms. The molecule has 1 atom stereocenters. The Morgan fingerprint density at radius 3 is 2.94 bits per heavy atom. The van der Waals surface area contributed by atoms with Crippen LogP contribution in [0.5, 0.6) is 5.75 Å². The van der Waals surface area contributed by atoms with E-state index < -0.39 is 0 Å². The van der Waals surface area contributed by atoms with Gasteiger partial charge in [0, 0.05) is 17.4 Å². The SMILES string of the molecule is COc1cccc(C(=O)NCC(C)CCBr)c1. The first-order chi connectivity index (χ1) is 8.17. The second-order valence-electron chi connectivity index (χ2n) is 4.02. The van der Waals surface area contributed by atoms with Gasteiger partial charge in [-0.25, -0.2) is 0 Å². The molecule has 4 heteroatoms. The zero-order valence-electron chi connectivity index (χ0n) is 10.2. The maximum absolute atomic E-state index is 11.8. The lowest BCUT2D eigenvalue weighted by Gasteiger charge is -2.11. The highest BCUT2D eigenvalue weighted by Gasteiger charge is 2.08. The van der Waals surface area contributed by atoms with E-state index in [4.69, 9.17) is 4.74 Å². The zero-order chi connectivity index (χ0) is 12.7. The van der Waals surface area contributed by atoms with Crippen LogP contribution < -0.4 is 10.1 Å². The molecule has 1 aromatic carbocycles. The first-order valence-electron chi connectivity index (χ1n) is 5.65. The Hall–Kier alpha value is -1.03. The first kappa shape index (κ1) is 14.0. The number of hydrogen-bond acceptors (Lipinski definition) is 2. The monoisotopic (exact) mass is 299 g/mol.